The van der Waals surface area contributed by atoms with Gasteiger partial charge >= 0.3 is 0 Å². The molecule has 0 amide bonds. The summed E-state index contributed by atoms with van der Waals surface area (Å²) in [6.07, 6.45) is 0. The molecule has 20 heavy (non-hydrogen) atoms. The molecule has 2 aromatic rings. The molecule has 0 aliphatic rings. The molecule has 0 spiro atoms. The lowest BCUT2D eigenvalue weighted by Crippen LogP contribution is -2.10. The molecular weight excluding hydrogens is 269 g/mol. The van der Waals surface area contributed by atoms with Crippen LogP contribution in [-0.2, 0) is 6.54 Å². The van der Waals surface area contributed by atoms with Crippen LogP contribution in [0.25, 0.3) is 0 Å². The molecule has 1 aromatic carbocycles. The molecule has 0 fully saturated rings. The third-order valence-electron chi connectivity index (χ3n) is 2.45. The van der Waals surface area contributed by atoms with Gasteiger partial charge in [0.15, 0.2) is 5.82 Å². The van der Waals surface area contributed by atoms with Crippen molar-refractivity contribution in [3.8, 4) is 0 Å². The van der Waals surface area contributed by atoms with E-state index >= 15 is 0 Å². The number of hydrogen-bond donors (Lipinski definition) is 1. The first-order valence-electron chi connectivity index (χ1n) is 5.65. The molecule has 1 heterocycles. The van der Waals surface area contributed by atoms with Crippen LogP contribution in [0.3, 0.4) is 0 Å². The lowest BCUT2D eigenvalue weighted by Gasteiger charge is -2.04. The smallest absolute Gasteiger partial charge is 0.272 e. The van der Waals surface area contributed by atoms with E-state index < -0.39 is 10.7 Å². The van der Waals surface area contributed by atoms with Gasteiger partial charge in [-0.1, -0.05) is 0 Å². The molecular formula is C11H12FN5O3. The van der Waals surface area contributed by atoms with E-state index in [4.69, 9.17) is 4.52 Å². The highest BCUT2D eigenvalue weighted by Gasteiger charge is 2.12. The van der Waals surface area contributed by atoms with Gasteiger partial charge in [-0.15, -0.1) is 0 Å². The molecule has 1 aromatic heterocycles. The minimum Gasteiger partial charge on any atom is -0.374 e. The predicted molar refractivity (Wildman–Crippen MR) is 69.0 cm³/mol. The van der Waals surface area contributed by atoms with Crippen LogP contribution in [-0.4, -0.2) is 29.2 Å². The quantitative estimate of drug-likeness (QED) is 0.659. The highest BCUT2D eigenvalue weighted by Crippen LogP contribution is 2.21. The summed E-state index contributed by atoms with van der Waals surface area (Å²) in [5.41, 5.74) is -0.180. The number of rotatable bonds is 5. The van der Waals surface area contributed by atoms with E-state index in [1.807, 2.05) is 0 Å². The molecule has 0 saturated carbocycles. The normalized spacial score (nSPS) is 10.3. The number of hydrogen-bond acceptors (Lipinski definition) is 7. The number of benzene rings is 1. The highest BCUT2D eigenvalue weighted by molar-refractivity contribution is 5.50. The molecule has 106 valence electrons. The van der Waals surface area contributed by atoms with Crippen LogP contribution in [0.15, 0.2) is 22.7 Å². The molecule has 8 nitrogen and oxygen atoms in total. The zero-order valence-electron chi connectivity index (χ0n) is 10.8. The molecule has 9 heteroatoms. The van der Waals surface area contributed by atoms with Crippen LogP contribution in [0.1, 0.15) is 5.89 Å². The Morgan fingerprint density at radius 1 is 1.50 bits per heavy atom. The topological polar surface area (TPSA) is 97.3 Å². The Kier molecular flexibility index (Phi) is 3.78. The van der Waals surface area contributed by atoms with Crippen LogP contribution < -0.4 is 10.2 Å². The summed E-state index contributed by atoms with van der Waals surface area (Å²) in [5.74, 6) is -0.0241. The second-order valence-electron chi connectivity index (χ2n) is 4.16. The highest BCUT2D eigenvalue weighted by atomic mass is 19.1. The number of nitrogens with zero attached hydrogens (tertiary/aromatic N) is 4. The van der Waals surface area contributed by atoms with Gasteiger partial charge in [0.1, 0.15) is 0 Å². The minimum atomic E-state index is -0.716. The maximum atomic E-state index is 13.6. The standard InChI is InChI=1S/C11H12FN5O3/c1-16(2)11-14-10(20-15-11)6-13-9-4-3-7(17(18)19)5-8(9)12/h3-5,13H,6H2,1-2H3. The minimum absolute atomic E-state index is 0.121. The van der Waals surface area contributed by atoms with Crippen molar-refractivity contribution in [2.45, 2.75) is 6.54 Å². The number of nitro groups is 1. The third-order valence-corrected chi connectivity index (χ3v) is 2.45. The van der Waals surface area contributed by atoms with Crippen molar-refractivity contribution in [3.63, 3.8) is 0 Å². The Hall–Kier alpha value is -2.71. The summed E-state index contributed by atoms with van der Waals surface area (Å²) in [6.45, 7) is 0.121. The molecule has 0 aliphatic carbocycles. The van der Waals surface area contributed by atoms with Gasteiger partial charge in [0.05, 0.1) is 23.2 Å². The fraction of sp³-hybridized carbons (Fsp3) is 0.273. The van der Waals surface area contributed by atoms with Crippen molar-refractivity contribution < 1.29 is 13.8 Å². The summed E-state index contributed by atoms with van der Waals surface area (Å²) < 4.78 is 18.6. The van der Waals surface area contributed by atoms with Gasteiger partial charge in [0.25, 0.3) is 11.6 Å². The number of aromatic nitrogens is 2. The molecule has 0 aliphatic heterocycles. The molecule has 1 N–H and O–H groups in total. The van der Waals surface area contributed by atoms with Crippen molar-refractivity contribution in [2.75, 3.05) is 24.3 Å². The number of anilines is 2. The third kappa shape index (κ3) is 2.99. The van der Waals surface area contributed by atoms with Crippen molar-refractivity contribution in [1.29, 1.82) is 0 Å². The maximum absolute atomic E-state index is 13.6. The first-order valence-corrected chi connectivity index (χ1v) is 5.65. The molecule has 2 rings (SSSR count). The summed E-state index contributed by atoms with van der Waals surface area (Å²) in [6, 6.07) is 3.35. The van der Waals surface area contributed by atoms with Gasteiger partial charge in [0, 0.05) is 20.2 Å². The van der Waals surface area contributed by atoms with E-state index in [0.717, 1.165) is 6.07 Å². The summed E-state index contributed by atoms with van der Waals surface area (Å²) in [5, 5.41) is 16.9. The Bertz CT molecular complexity index is 628. The average molecular weight is 281 g/mol. The Balaban J connectivity index is 2.05. The van der Waals surface area contributed by atoms with E-state index in [1.54, 1.807) is 19.0 Å². The first kappa shape index (κ1) is 13.7. The lowest BCUT2D eigenvalue weighted by molar-refractivity contribution is -0.385. The van der Waals surface area contributed by atoms with Crippen LogP contribution in [0.5, 0.6) is 0 Å². The summed E-state index contributed by atoms with van der Waals surface area (Å²) in [4.78, 5) is 15.6. The first-order chi connectivity index (χ1) is 9.47. The molecule has 0 bridgehead atoms. The van der Waals surface area contributed by atoms with Crippen LogP contribution in [0.4, 0.5) is 21.7 Å². The van der Waals surface area contributed by atoms with Gasteiger partial charge in [-0.3, -0.25) is 10.1 Å². The fourth-order valence-corrected chi connectivity index (χ4v) is 1.43. The Labute approximate surface area is 113 Å². The van der Waals surface area contributed by atoms with E-state index in [-0.39, 0.29) is 23.8 Å². The SMILES string of the molecule is CN(C)c1noc(CNc2ccc([N+](=O)[O-])cc2F)n1. The second kappa shape index (κ2) is 5.51. The van der Waals surface area contributed by atoms with E-state index in [1.165, 1.54) is 12.1 Å². The lowest BCUT2D eigenvalue weighted by atomic mass is 10.2. The van der Waals surface area contributed by atoms with Crippen molar-refractivity contribution in [3.05, 3.63) is 40.0 Å². The van der Waals surface area contributed by atoms with Crippen LogP contribution in [0.2, 0.25) is 0 Å². The van der Waals surface area contributed by atoms with E-state index in [0.29, 0.717) is 5.95 Å². The van der Waals surface area contributed by atoms with Crippen molar-refractivity contribution in [1.82, 2.24) is 10.1 Å². The maximum Gasteiger partial charge on any atom is 0.272 e. The zero-order chi connectivity index (χ0) is 14.7. The average Bonchev–Trinajstić information content (AvgIpc) is 2.86. The van der Waals surface area contributed by atoms with Crippen molar-refractivity contribution >= 4 is 17.3 Å². The Morgan fingerprint density at radius 2 is 2.25 bits per heavy atom. The largest absolute Gasteiger partial charge is 0.374 e. The summed E-state index contributed by atoms with van der Waals surface area (Å²) in [7, 11) is 3.52. The number of non-ortho nitro benzene ring substituents is 1. The van der Waals surface area contributed by atoms with Crippen LogP contribution in [0, 0.1) is 15.9 Å². The molecule has 0 radical (unpaired) electrons. The molecule has 0 saturated heterocycles. The summed E-state index contributed by atoms with van der Waals surface area (Å²) >= 11 is 0. The second-order valence-corrected chi connectivity index (χ2v) is 4.16. The van der Waals surface area contributed by atoms with Crippen molar-refractivity contribution in [2.24, 2.45) is 0 Å². The van der Waals surface area contributed by atoms with Crippen LogP contribution >= 0.6 is 0 Å². The van der Waals surface area contributed by atoms with Gasteiger partial charge in [-0.25, -0.2) is 4.39 Å². The predicted octanol–water partition coefficient (Wildman–Crippen LogP) is 1.79. The van der Waals surface area contributed by atoms with E-state index in [9.17, 15) is 14.5 Å². The number of nitro benzene ring substituents is 1. The van der Waals surface area contributed by atoms with Gasteiger partial charge in [0.2, 0.25) is 5.89 Å². The number of halogens is 1. The molecule has 0 atom stereocenters. The fourth-order valence-electron chi connectivity index (χ4n) is 1.43. The zero-order valence-corrected chi connectivity index (χ0v) is 10.8. The van der Waals surface area contributed by atoms with Gasteiger partial charge < -0.3 is 14.7 Å². The monoisotopic (exact) mass is 281 g/mol. The Morgan fingerprint density at radius 3 is 2.80 bits per heavy atom. The molecule has 0 unspecified atom stereocenters. The van der Waals surface area contributed by atoms with Gasteiger partial charge in [-0.05, 0) is 11.2 Å². The van der Waals surface area contributed by atoms with E-state index in [2.05, 4.69) is 15.5 Å². The number of nitrogens with one attached hydrogen (secondary N) is 1. The van der Waals surface area contributed by atoms with Gasteiger partial charge in [-0.2, -0.15) is 4.98 Å².